The molecule has 1 unspecified atom stereocenters. The largest absolute Gasteiger partial charge is 0.486 e. The lowest BCUT2D eigenvalue weighted by atomic mass is 10.1. The van der Waals surface area contributed by atoms with Crippen LogP contribution in [0.5, 0.6) is 5.75 Å². The fraction of sp³-hybridized carbons (Fsp3) is 0.263. The van der Waals surface area contributed by atoms with Gasteiger partial charge in [-0.2, -0.15) is 5.10 Å². The zero-order valence-electron chi connectivity index (χ0n) is 14.9. The second-order valence-corrected chi connectivity index (χ2v) is 6.03. The predicted molar refractivity (Wildman–Crippen MR) is 95.1 cm³/mol. The molecule has 28 heavy (non-hydrogen) atoms. The SMILES string of the molecule is Cc1cc(C=O)c(OCc2cccnc2-c2ccnn2CC(F)C(F)F)cn1. The summed E-state index contributed by atoms with van der Waals surface area (Å²) < 4.78 is 45.4. The lowest BCUT2D eigenvalue weighted by molar-refractivity contribution is 0.0390. The molecule has 9 heteroatoms. The van der Waals surface area contributed by atoms with Crippen molar-refractivity contribution in [1.29, 1.82) is 0 Å². The monoisotopic (exact) mass is 390 g/mol. The number of ether oxygens (including phenoxy) is 1. The molecular formula is C19H17F3N4O2. The number of carbonyl (C=O) groups is 1. The van der Waals surface area contributed by atoms with Crippen molar-refractivity contribution in [3.8, 4) is 17.1 Å². The highest BCUT2D eigenvalue weighted by Crippen LogP contribution is 2.24. The number of alkyl halides is 3. The summed E-state index contributed by atoms with van der Waals surface area (Å²) in [4.78, 5) is 19.6. The van der Waals surface area contributed by atoms with Crippen LogP contribution in [0, 0.1) is 6.92 Å². The lowest BCUT2D eigenvalue weighted by Gasteiger charge is -2.14. The molecule has 0 amide bonds. The highest BCUT2D eigenvalue weighted by atomic mass is 19.3. The number of pyridine rings is 2. The smallest absolute Gasteiger partial charge is 0.271 e. The minimum absolute atomic E-state index is 0.0494. The van der Waals surface area contributed by atoms with Crippen molar-refractivity contribution in [2.75, 3.05) is 0 Å². The molecule has 3 aromatic heterocycles. The van der Waals surface area contributed by atoms with Gasteiger partial charge >= 0.3 is 0 Å². The number of rotatable bonds is 8. The van der Waals surface area contributed by atoms with Gasteiger partial charge in [-0.15, -0.1) is 0 Å². The Balaban J connectivity index is 1.85. The Kier molecular flexibility index (Phi) is 6.03. The molecule has 0 spiro atoms. The highest BCUT2D eigenvalue weighted by Gasteiger charge is 2.22. The zero-order valence-corrected chi connectivity index (χ0v) is 14.9. The van der Waals surface area contributed by atoms with Crippen molar-refractivity contribution in [1.82, 2.24) is 19.7 Å². The van der Waals surface area contributed by atoms with E-state index in [1.807, 2.05) is 0 Å². The van der Waals surface area contributed by atoms with Crippen LogP contribution >= 0.6 is 0 Å². The minimum Gasteiger partial charge on any atom is -0.486 e. The van der Waals surface area contributed by atoms with Crippen molar-refractivity contribution in [2.45, 2.75) is 32.7 Å². The van der Waals surface area contributed by atoms with Gasteiger partial charge in [-0.25, -0.2) is 13.2 Å². The van der Waals surface area contributed by atoms with Crippen molar-refractivity contribution in [3.63, 3.8) is 0 Å². The predicted octanol–water partition coefficient (Wildman–Crippen LogP) is 3.64. The lowest BCUT2D eigenvalue weighted by Crippen LogP contribution is -2.21. The molecule has 3 rings (SSSR count). The van der Waals surface area contributed by atoms with Gasteiger partial charge in [-0.05, 0) is 25.1 Å². The van der Waals surface area contributed by atoms with Crippen LogP contribution in [-0.2, 0) is 13.2 Å². The number of aromatic nitrogens is 4. The summed E-state index contributed by atoms with van der Waals surface area (Å²) >= 11 is 0. The molecule has 3 aromatic rings. The Labute approximate surface area is 159 Å². The summed E-state index contributed by atoms with van der Waals surface area (Å²) in [6.07, 6.45) is -0.387. The van der Waals surface area contributed by atoms with Crippen LogP contribution in [-0.4, -0.2) is 38.6 Å². The molecule has 6 nitrogen and oxygen atoms in total. The van der Waals surface area contributed by atoms with Crippen molar-refractivity contribution >= 4 is 6.29 Å². The topological polar surface area (TPSA) is 69.9 Å². The fourth-order valence-electron chi connectivity index (χ4n) is 2.65. The number of hydrogen-bond donors (Lipinski definition) is 0. The fourth-order valence-corrected chi connectivity index (χ4v) is 2.65. The van der Waals surface area contributed by atoms with Crippen LogP contribution in [0.4, 0.5) is 13.2 Å². The van der Waals surface area contributed by atoms with E-state index in [0.717, 1.165) is 4.68 Å². The molecule has 0 N–H and O–H groups in total. The molecule has 1 atom stereocenters. The molecular weight excluding hydrogens is 373 g/mol. The summed E-state index contributed by atoms with van der Waals surface area (Å²) in [5, 5.41) is 3.92. The number of hydrogen-bond acceptors (Lipinski definition) is 5. The molecule has 3 heterocycles. The van der Waals surface area contributed by atoms with E-state index in [4.69, 9.17) is 4.74 Å². The molecule has 0 aliphatic carbocycles. The maximum atomic E-state index is 13.5. The van der Waals surface area contributed by atoms with Gasteiger partial charge in [0.15, 0.2) is 12.5 Å². The average Bonchev–Trinajstić information content (AvgIpc) is 3.14. The first kappa shape index (κ1) is 19.5. The summed E-state index contributed by atoms with van der Waals surface area (Å²) in [6.45, 7) is 1.22. The van der Waals surface area contributed by atoms with Crippen molar-refractivity contribution < 1.29 is 22.7 Å². The first-order chi connectivity index (χ1) is 13.5. The van der Waals surface area contributed by atoms with E-state index >= 15 is 0 Å². The van der Waals surface area contributed by atoms with Crippen LogP contribution in [0.2, 0.25) is 0 Å². The van der Waals surface area contributed by atoms with E-state index in [9.17, 15) is 18.0 Å². The first-order valence-electron chi connectivity index (χ1n) is 8.42. The summed E-state index contributed by atoms with van der Waals surface area (Å²) in [6, 6.07) is 6.59. The summed E-state index contributed by atoms with van der Waals surface area (Å²) in [7, 11) is 0. The molecule has 0 aliphatic heterocycles. The molecule has 0 saturated heterocycles. The van der Waals surface area contributed by atoms with Crippen LogP contribution in [0.15, 0.2) is 42.9 Å². The van der Waals surface area contributed by atoms with E-state index in [0.29, 0.717) is 40.2 Å². The maximum absolute atomic E-state index is 13.5. The van der Waals surface area contributed by atoms with Gasteiger partial charge in [0, 0.05) is 23.7 Å². The van der Waals surface area contributed by atoms with Crippen LogP contribution in [0.3, 0.4) is 0 Å². The Morgan fingerprint density at radius 1 is 1.21 bits per heavy atom. The third-order valence-electron chi connectivity index (χ3n) is 4.02. The average molecular weight is 390 g/mol. The van der Waals surface area contributed by atoms with E-state index in [1.165, 1.54) is 18.6 Å². The minimum atomic E-state index is -3.10. The van der Waals surface area contributed by atoms with Gasteiger partial charge < -0.3 is 4.74 Å². The molecule has 0 fully saturated rings. The third-order valence-corrected chi connectivity index (χ3v) is 4.02. The van der Waals surface area contributed by atoms with Crippen molar-refractivity contribution in [2.24, 2.45) is 0 Å². The zero-order chi connectivity index (χ0) is 20.1. The number of nitrogens with zero attached hydrogens (tertiary/aromatic N) is 4. The first-order valence-corrected chi connectivity index (χ1v) is 8.42. The highest BCUT2D eigenvalue weighted by molar-refractivity contribution is 5.79. The van der Waals surface area contributed by atoms with E-state index in [-0.39, 0.29) is 6.61 Å². The van der Waals surface area contributed by atoms with E-state index < -0.39 is 19.1 Å². The third kappa shape index (κ3) is 4.36. The van der Waals surface area contributed by atoms with Crippen LogP contribution < -0.4 is 4.74 Å². The Hall–Kier alpha value is -3.23. The molecule has 0 aliphatic rings. The van der Waals surface area contributed by atoms with Gasteiger partial charge in [0.2, 0.25) is 0 Å². The standard InChI is InChI=1S/C19H17F3N4O2/c1-12-7-14(10-27)17(8-24-12)28-11-13-3-2-5-23-18(13)16-4-6-25-26(16)9-15(20)19(21)22/h2-8,10,15,19H,9,11H2,1H3. The summed E-state index contributed by atoms with van der Waals surface area (Å²) in [5.41, 5.74) is 2.48. The maximum Gasteiger partial charge on any atom is 0.271 e. The number of aryl methyl sites for hydroxylation is 1. The van der Waals surface area contributed by atoms with E-state index in [2.05, 4.69) is 15.1 Å². The van der Waals surface area contributed by atoms with Gasteiger partial charge in [0.1, 0.15) is 12.4 Å². The molecule has 146 valence electrons. The van der Waals surface area contributed by atoms with Crippen molar-refractivity contribution in [3.05, 3.63) is 59.7 Å². The normalized spacial score (nSPS) is 12.2. The van der Waals surface area contributed by atoms with Crippen LogP contribution in [0.1, 0.15) is 21.6 Å². The molecule has 0 bridgehead atoms. The Morgan fingerprint density at radius 2 is 2.04 bits per heavy atom. The molecule has 0 saturated carbocycles. The summed E-state index contributed by atoms with van der Waals surface area (Å²) in [5.74, 6) is 0.311. The van der Waals surface area contributed by atoms with Gasteiger partial charge in [-0.1, -0.05) is 6.07 Å². The Morgan fingerprint density at radius 3 is 2.79 bits per heavy atom. The van der Waals surface area contributed by atoms with E-state index in [1.54, 1.807) is 31.2 Å². The second kappa shape index (κ2) is 8.64. The van der Waals surface area contributed by atoms with Crippen LogP contribution in [0.25, 0.3) is 11.4 Å². The van der Waals surface area contributed by atoms with Gasteiger partial charge in [0.25, 0.3) is 6.43 Å². The molecule has 0 aromatic carbocycles. The van der Waals surface area contributed by atoms with Gasteiger partial charge in [-0.3, -0.25) is 19.4 Å². The number of aldehydes is 1. The number of carbonyl (C=O) groups excluding carboxylic acids is 1. The number of halogens is 3. The Bertz CT molecular complexity index is 962. The quantitative estimate of drug-likeness (QED) is 0.549. The second-order valence-electron chi connectivity index (χ2n) is 6.03. The molecule has 0 radical (unpaired) electrons. The van der Waals surface area contributed by atoms with Gasteiger partial charge in [0.05, 0.1) is 29.7 Å².